The van der Waals surface area contributed by atoms with E-state index in [9.17, 15) is 18.0 Å². The van der Waals surface area contributed by atoms with E-state index in [1.54, 1.807) is 55.5 Å². The summed E-state index contributed by atoms with van der Waals surface area (Å²) in [5.74, 6) is -0.803. The highest BCUT2D eigenvalue weighted by atomic mass is 32.2. The van der Waals surface area contributed by atoms with Gasteiger partial charge < -0.3 is 10.2 Å². The SMILES string of the molecule is C[C@H](C(=O)NC(C)(C)C)N(Cc1ccccc1)C(=O)CN(c1ccccc1)S(=O)(=O)c1ccccc1. The fourth-order valence-electron chi connectivity index (χ4n) is 3.68. The van der Waals surface area contributed by atoms with Gasteiger partial charge in [0.25, 0.3) is 10.0 Å². The van der Waals surface area contributed by atoms with Crippen molar-refractivity contribution in [2.24, 2.45) is 0 Å². The van der Waals surface area contributed by atoms with Gasteiger partial charge in [-0.05, 0) is 57.5 Å². The number of carbonyl (C=O) groups excluding carboxylic acids is 2. The zero-order chi connectivity index (χ0) is 26.3. The molecule has 1 N–H and O–H groups in total. The second-order valence-electron chi connectivity index (χ2n) is 9.58. The molecular weight excluding hydrogens is 474 g/mol. The molecule has 3 aromatic rings. The summed E-state index contributed by atoms with van der Waals surface area (Å²) >= 11 is 0. The Morgan fingerprint density at radius 3 is 1.86 bits per heavy atom. The minimum atomic E-state index is -4.05. The molecule has 36 heavy (non-hydrogen) atoms. The van der Waals surface area contributed by atoms with Crippen LogP contribution in [0.1, 0.15) is 33.3 Å². The lowest BCUT2D eigenvalue weighted by Gasteiger charge is -2.33. The van der Waals surface area contributed by atoms with Gasteiger partial charge >= 0.3 is 0 Å². The van der Waals surface area contributed by atoms with Crippen molar-refractivity contribution >= 4 is 27.5 Å². The number of carbonyl (C=O) groups is 2. The maximum atomic E-state index is 13.8. The molecule has 0 unspecified atom stereocenters. The van der Waals surface area contributed by atoms with Gasteiger partial charge in [-0.15, -0.1) is 0 Å². The summed E-state index contributed by atoms with van der Waals surface area (Å²) in [4.78, 5) is 28.3. The summed E-state index contributed by atoms with van der Waals surface area (Å²) in [6.07, 6.45) is 0. The highest BCUT2D eigenvalue weighted by molar-refractivity contribution is 7.92. The van der Waals surface area contributed by atoms with Crippen molar-refractivity contribution < 1.29 is 18.0 Å². The Bertz CT molecular complexity index is 1260. The first-order chi connectivity index (χ1) is 17.0. The largest absolute Gasteiger partial charge is 0.350 e. The average molecular weight is 508 g/mol. The smallest absolute Gasteiger partial charge is 0.264 e. The maximum Gasteiger partial charge on any atom is 0.264 e. The van der Waals surface area contributed by atoms with E-state index in [2.05, 4.69) is 5.32 Å². The van der Waals surface area contributed by atoms with E-state index < -0.39 is 34.1 Å². The van der Waals surface area contributed by atoms with E-state index in [0.29, 0.717) is 5.69 Å². The van der Waals surface area contributed by atoms with Crippen molar-refractivity contribution in [2.45, 2.75) is 50.7 Å². The monoisotopic (exact) mass is 507 g/mol. The Kier molecular flexibility index (Phi) is 8.53. The Morgan fingerprint density at radius 1 is 0.833 bits per heavy atom. The fraction of sp³-hybridized carbons (Fsp3) is 0.286. The number of para-hydroxylation sites is 1. The van der Waals surface area contributed by atoms with Crippen LogP contribution >= 0.6 is 0 Å². The second kappa shape index (κ2) is 11.4. The van der Waals surface area contributed by atoms with Crippen molar-refractivity contribution in [3.63, 3.8) is 0 Å². The second-order valence-corrected chi connectivity index (χ2v) is 11.4. The third-order valence-electron chi connectivity index (χ3n) is 5.52. The van der Waals surface area contributed by atoms with Gasteiger partial charge in [0.05, 0.1) is 10.6 Å². The van der Waals surface area contributed by atoms with E-state index >= 15 is 0 Å². The number of hydrogen-bond donors (Lipinski definition) is 1. The summed E-state index contributed by atoms with van der Waals surface area (Å²) in [6.45, 7) is 6.95. The van der Waals surface area contributed by atoms with Crippen molar-refractivity contribution in [2.75, 3.05) is 10.8 Å². The van der Waals surface area contributed by atoms with Crippen LogP contribution in [-0.4, -0.2) is 43.3 Å². The maximum absolute atomic E-state index is 13.8. The number of rotatable bonds is 9. The fourth-order valence-corrected chi connectivity index (χ4v) is 5.11. The number of amides is 2. The molecule has 0 radical (unpaired) electrons. The van der Waals surface area contributed by atoms with Crippen LogP contribution in [0.15, 0.2) is 95.9 Å². The first-order valence-corrected chi connectivity index (χ1v) is 13.2. The third kappa shape index (κ3) is 6.95. The Morgan fingerprint density at radius 2 is 1.33 bits per heavy atom. The molecule has 0 saturated carbocycles. The molecule has 3 rings (SSSR count). The van der Waals surface area contributed by atoms with Crippen LogP contribution in [0.3, 0.4) is 0 Å². The Hall–Kier alpha value is -3.65. The lowest BCUT2D eigenvalue weighted by molar-refractivity contribution is -0.140. The first-order valence-electron chi connectivity index (χ1n) is 11.8. The van der Waals surface area contributed by atoms with Crippen molar-refractivity contribution in [3.05, 3.63) is 96.6 Å². The number of hydrogen-bond acceptors (Lipinski definition) is 4. The Labute approximate surface area is 213 Å². The van der Waals surface area contributed by atoms with E-state index in [0.717, 1.165) is 9.87 Å². The molecule has 0 bridgehead atoms. The van der Waals surface area contributed by atoms with Crippen LogP contribution < -0.4 is 9.62 Å². The molecule has 1 atom stereocenters. The molecule has 7 nitrogen and oxygen atoms in total. The Balaban J connectivity index is 1.98. The van der Waals surface area contributed by atoms with Crippen LogP contribution in [0.5, 0.6) is 0 Å². The van der Waals surface area contributed by atoms with Crippen molar-refractivity contribution in [1.82, 2.24) is 10.2 Å². The number of anilines is 1. The van der Waals surface area contributed by atoms with Gasteiger partial charge in [-0.3, -0.25) is 13.9 Å². The molecule has 0 aliphatic carbocycles. The number of nitrogens with zero attached hydrogens (tertiary/aromatic N) is 2. The molecule has 190 valence electrons. The predicted octanol–water partition coefficient (Wildman–Crippen LogP) is 4.21. The van der Waals surface area contributed by atoms with Gasteiger partial charge in [0, 0.05) is 12.1 Å². The van der Waals surface area contributed by atoms with Crippen LogP contribution in [0, 0.1) is 0 Å². The molecule has 0 saturated heterocycles. The number of nitrogens with one attached hydrogen (secondary N) is 1. The molecule has 8 heteroatoms. The quantitative estimate of drug-likeness (QED) is 0.470. The van der Waals surface area contributed by atoms with Gasteiger partial charge in [-0.2, -0.15) is 0 Å². The first kappa shape index (κ1) is 26.9. The van der Waals surface area contributed by atoms with Gasteiger partial charge in [0.15, 0.2) is 0 Å². The number of benzene rings is 3. The molecule has 0 aromatic heterocycles. The molecule has 2 amide bonds. The predicted molar refractivity (Wildman–Crippen MR) is 142 cm³/mol. The van der Waals surface area contributed by atoms with Gasteiger partial charge in [-0.1, -0.05) is 66.7 Å². The molecule has 3 aromatic carbocycles. The molecule has 0 aliphatic heterocycles. The summed E-state index contributed by atoms with van der Waals surface area (Å²) < 4.78 is 28.3. The third-order valence-corrected chi connectivity index (χ3v) is 7.30. The molecule has 0 heterocycles. The van der Waals surface area contributed by atoms with E-state index in [-0.39, 0.29) is 17.3 Å². The minimum Gasteiger partial charge on any atom is -0.350 e. The lowest BCUT2D eigenvalue weighted by atomic mass is 10.1. The molecule has 0 spiro atoms. The van der Waals surface area contributed by atoms with E-state index in [1.807, 2.05) is 51.1 Å². The average Bonchev–Trinajstić information content (AvgIpc) is 2.86. The normalized spacial score (nSPS) is 12.4. The van der Waals surface area contributed by atoms with E-state index in [1.165, 1.54) is 17.0 Å². The summed E-state index contributed by atoms with van der Waals surface area (Å²) in [5.41, 5.74) is 0.707. The molecule has 0 fully saturated rings. The van der Waals surface area contributed by atoms with Gasteiger partial charge in [0.2, 0.25) is 11.8 Å². The summed E-state index contributed by atoms with van der Waals surface area (Å²) in [7, 11) is -4.05. The topological polar surface area (TPSA) is 86.8 Å². The minimum absolute atomic E-state index is 0.0785. The summed E-state index contributed by atoms with van der Waals surface area (Å²) in [6, 6.07) is 25.0. The standard InChI is InChI=1S/C28H33N3O4S/c1-22(27(33)29-28(2,3)4)30(20-23-14-8-5-9-15-23)26(32)21-31(24-16-10-6-11-17-24)36(34,35)25-18-12-7-13-19-25/h5-19,22H,20-21H2,1-4H3,(H,29,33)/t22-/m1/s1. The highest BCUT2D eigenvalue weighted by Gasteiger charge is 2.33. The lowest BCUT2D eigenvalue weighted by Crippen LogP contribution is -2.54. The van der Waals surface area contributed by atoms with E-state index in [4.69, 9.17) is 0 Å². The van der Waals surface area contributed by atoms with Crippen LogP contribution in [-0.2, 0) is 26.2 Å². The van der Waals surface area contributed by atoms with Crippen LogP contribution in [0.25, 0.3) is 0 Å². The van der Waals surface area contributed by atoms with Crippen molar-refractivity contribution in [1.29, 1.82) is 0 Å². The van der Waals surface area contributed by atoms with Crippen LogP contribution in [0.4, 0.5) is 5.69 Å². The summed E-state index contributed by atoms with van der Waals surface area (Å²) in [5, 5.41) is 2.92. The van der Waals surface area contributed by atoms with Gasteiger partial charge in [-0.25, -0.2) is 8.42 Å². The zero-order valence-corrected chi connectivity index (χ0v) is 21.9. The van der Waals surface area contributed by atoms with Gasteiger partial charge in [0.1, 0.15) is 12.6 Å². The highest BCUT2D eigenvalue weighted by Crippen LogP contribution is 2.24. The molecular formula is C28H33N3O4S. The van der Waals surface area contributed by atoms with Crippen molar-refractivity contribution in [3.8, 4) is 0 Å². The zero-order valence-electron chi connectivity index (χ0n) is 21.1. The van der Waals surface area contributed by atoms with Crippen LogP contribution in [0.2, 0.25) is 0 Å². The number of sulfonamides is 1. The molecule has 0 aliphatic rings.